The lowest BCUT2D eigenvalue weighted by Gasteiger charge is -2.38. The van der Waals surface area contributed by atoms with E-state index in [0.29, 0.717) is 11.5 Å². The minimum absolute atomic E-state index is 0.101. The van der Waals surface area contributed by atoms with Crippen LogP contribution in [-0.2, 0) is 5.41 Å². The van der Waals surface area contributed by atoms with E-state index < -0.39 is 5.41 Å². The largest absolute Gasteiger partial charge is 0.491 e. The van der Waals surface area contributed by atoms with Gasteiger partial charge in [0, 0.05) is 11.1 Å². The fourth-order valence-corrected chi connectivity index (χ4v) is 10.4. The summed E-state index contributed by atoms with van der Waals surface area (Å²) in [6, 6.07) is 78.2. The van der Waals surface area contributed by atoms with Crippen LogP contribution in [0, 0.1) is 0 Å². The van der Waals surface area contributed by atoms with Crippen LogP contribution in [0.2, 0.25) is 0 Å². The van der Waals surface area contributed by atoms with Gasteiger partial charge in [-0.3, -0.25) is 0 Å². The van der Waals surface area contributed by atoms with Crippen molar-refractivity contribution in [2.75, 3.05) is 26.4 Å². The van der Waals surface area contributed by atoms with E-state index in [4.69, 9.17) is 9.47 Å². The SMILES string of the molecule is OCCOc1ccc(C2(c3ccc(OCCO)c(-c4ccccc4)c3)c3c(cccc3-c3cccc4ccccc34)-c3cccc(-c4cccc5ccccc45)c32)cc1-c1ccccc1. The average molecular weight is 843 g/mol. The van der Waals surface area contributed by atoms with Gasteiger partial charge in [-0.1, -0.05) is 194 Å². The van der Waals surface area contributed by atoms with E-state index in [2.05, 4.69) is 206 Å². The first-order valence-electron chi connectivity index (χ1n) is 22.3. The molecule has 0 atom stereocenters. The maximum atomic E-state index is 10.00. The summed E-state index contributed by atoms with van der Waals surface area (Å²) in [5.41, 5.74) is 14.4. The topological polar surface area (TPSA) is 58.9 Å². The van der Waals surface area contributed by atoms with Crippen molar-refractivity contribution in [2.24, 2.45) is 0 Å². The van der Waals surface area contributed by atoms with Gasteiger partial charge < -0.3 is 19.7 Å². The Bertz CT molecular complexity index is 3120. The second kappa shape index (κ2) is 17.1. The highest BCUT2D eigenvalue weighted by molar-refractivity contribution is 6.05. The molecule has 0 aliphatic heterocycles. The van der Waals surface area contributed by atoms with Crippen LogP contribution >= 0.6 is 0 Å². The smallest absolute Gasteiger partial charge is 0.127 e. The van der Waals surface area contributed by atoms with E-state index >= 15 is 0 Å². The van der Waals surface area contributed by atoms with Gasteiger partial charge in [0.1, 0.15) is 24.7 Å². The zero-order chi connectivity index (χ0) is 43.7. The quantitative estimate of drug-likeness (QED) is 0.129. The molecule has 0 aromatic heterocycles. The first-order valence-corrected chi connectivity index (χ1v) is 22.3. The highest BCUT2D eigenvalue weighted by atomic mass is 16.5. The van der Waals surface area contributed by atoms with Crippen LogP contribution in [0.3, 0.4) is 0 Å². The van der Waals surface area contributed by atoms with Crippen LogP contribution in [0.25, 0.3) is 77.2 Å². The van der Waals surface area contributed by atoms with Gasteiger partial charge in [-0.15, -0.1) is 0 Å². The van der Waals surface area contributed by atoms with Gasteiger partial charge in [0.05, 0.1) is 18.6 Å². The summed E-state index contributed by atoms with van der Waals surface area (Å²) in [5, 5.41) is 24.7. The Kier molecular flexibility index (Phi) is 10.5. The molecule has 0 bridgehead atoms. The van der Waals surface area contributed by atoms with E-state index in [1.807, 2.05) is 12.1 Å². The lowest BCUT2D eigenvalue weighted by Crippen LogP contribution is -2.30. The maximum absolute atomic E-state index is 10.00. The molecule has 0 heterocycles. The van der Waals surface area contributed by atoms with Crippen molar-refractivity contribution in [1.82, 2.24) is 0 Å². The molecular weight excluding hydrogens is 797 g/mol. The van der Waals surface area contributed by atoms with Crippen LogP contribution in [-0.4, -0.2) is 36.6 Å². The molecule has 10 aromatic rings. The number of hydrogen-bond donors (Lipinski definition) is 2. The minimum Gasteiger partial charge on any atom is -0.491 e. The summed E-state index contributed by atoms with van der Waals surface area (Å²) in [6.45, 7) is 0.136. The minimum atomic E-state index is -0.941. The second-order valence-electron chi connectivity index (χ2n) is 16.6. The van der Waals surface area contributed by atoms with Gasteiger partial charge in [-0.05, 0) is 113 Å². The molecule has 65 heavy (non-hydrogen) atoms. The lowest BCUT2D eigenvalue weighted by atomic mass is 9.63. The van der Waals surface area contributed by atoms with Gasteiger partial charge in [0.2, 0.25) is 0 Å². The van der Waals surface area contributed by atoms with Crippen LogP contribution in [0.4, 0.5) is 0 Å². The first-order chi connectivity index (χ1) is 32.2. The summed E-state index contributed by atoms with van der Waals surface area (Å²) < 4.78 is 12.7. The average Bonchev–Trinajstić information content (AvgIpc) is 3.69. The third kappa shape index (κ3) is 6.78. The van der Waals surface area contributed by atoms with Crippen LogP contribution in [0.1, 0.15) is 22.3 Å². The number of aliphatic hydroxyl groups excluding tert-OH is 2. The summed E-state index contributed by atoms with van der Waals surface area (Å²) in [4.78, 5) is 0. The molecule has 11 rings (SSSR count). The van der Waals surface area contributed by atoms with E-state index in [9.17, 15) is 10.2 Å². The highest BCUT2D eigenvalue weighted by Crippen LogP contribution is 2.62. The predicted molar refractivity (Wildman–Crippen MR) is 266 cm³/mol. The second-order valence-corrected chi connectivity index (χ2v) is 16.6. The third-order valence-corrected chi connectivity index (χ3v) is 13.0. The van der Waals surface area contributed by atoms with E-state index in [1.54, 1.807) is 0 Å². The Hall–Kier alpha value is -7.76. The van der Waals surface area contributed by atoms with Crippen molar-refractivity contribution in [3.8, 4) is 67.1 Å². The normalized spacial score (nSPS) is 12.5. The molecule has 0 saturated heterocycles. The number of aliphatic hydroxyl groups is 2. The Morgan fingerprint density at radius 3 is 1.11 bits per heavy atom. The molecule has 4 heteroatoms. The molecule has 314 valence electrons. The van der Waals surface area contributed by atoms with Crippen LogP contribution < -0.4 is 9.47 Å². The summed E-state index contributed by atoms with van der Waals surface area (Å²) in [5.74, 6) is 1.40. The van der Waals surface area contributed by atoms with Crippen molar-refractivity contribution in [3.05, 3.63) is 241 Å². The Balaban J connectivity index is 1.34. The molecule has 2 N–H and O–H groups in total. The maximum Gasteiger partial charge on any atom is 0.127 e. The van der Waals surface area contributed by atoms with Gasteiger partial charge >= 0.3 is 0 Å². The van der Waals surface area contributed by atoms with Gasteiger partial charge in [-0.25, -0.2) is 0 Å². The van der Waals surface area contributed by atoms with Crippen molar-refractivity contribution in [2.45, 2.75) is 5.41 Å². The Morgan fingerprint density at radius 2 is 0.677 bits per heavy atom. The highest BCUT2D eigenvalue weighted by Gasteiger charge is 2.50. The zero-order valence-electron chi connectivity index (χ0n) is 35.8. The number of fused-ring (bicyclic) bond motifs is 5. The van der Waals surface area contributed by atoms with Gasteiger partial charge in [0.15, 0.2) is 0 Å². The first kappa shape index (κ1) is 40.0. The molecule has 1 aliphatic rings. The van der Waals surface area contributed by atoms with Crippen molar-refractivity contribution in [3.63, 3.8) is 0 Å². The van der Waals surface area contributed by atoms with Crippen LogP contribution in [0.5, 0.6) is 11.5 Å². The molecule has 0 amide bonds. The molecule has 0 radical (unpaired) electrons. The van der Waals surface area contributed by atoms with Crippen molar-refractivity contribution < 1.29 is 19.7 Å². The van der Waals surface area contributed by atoms with E-state index in [0.717, 1.165) is 66.8 Å². The van der Waals surface area contributed by atoms with E-state index in [1.165, 1.54) is 32.7 Å². The lowest BCUT2D eigenvalue weighted by molar-refractivity contribution is 0.202. The molecular formula is C61H46O4. The number of benzene rings is 10. The van der Waals surface area contributed by atoms with Gasteiger partial charge in [-0.2, -0.15) is 0 Å². The standard InChI is InChI=1S/C61H46O4/c62-35-37-64-57-33-31-45(39-55(57)43-15-3-1-4-16-43)61(46-32-34-58(65-38-36-63)56(40-46)44-17-5-2-6-18-44)59-51(49-25-11-21-41-19-7-9-23-47(41)49)27-13-29-53(59)54-30-14-28-52(60(54)61)50-26-12-22-42-20-8-10-24-48(42)50/h1-34,39-40,62-63H,35-38H2. The molecule has 1 aliphatic carbocycles. The van der Waals surface area contributed by atoms with Crippen molar-refractivity contribution >= 4 is 21.5 Å². The molecule has 10 aromatic carbocycles. The molecule has 0 fully saturated rings. The van der Waals surface area contributed by atoms with E-state index in [-0.39, 0.29) is 26.4 Å². The Labute approximate surface area is 379 Å². The summed E-state index contributed by atoms with van der Waals surface area (Å²) in [6.07, 6.45) is 0. The number of ether oxygens (including phenoxy) is 2. The monoisotopic (exact) mass is 842 g/mol. The fourth-order valence-electron chi connectivity index (χ4n) is 10.4. The molecule has 0 spiro atoms. The number of rotatable bonds is 12. The molecule has 4 nitrogen and oxygen atoms in total. The van der Waals surface area contributed by atoms with Crippen molar-refractivity contribution in [1.29, 1.82) is 0 Å². The zero-order valence-corrected chi connectivity index (χ0v) is 35.8. The Morgan fingerprint density at radius 1 is 0.323 bits per heavy atom. The predicted octanol–water partition coefficient (Wildman–Crippen LogP) is 13.8. The van der Waals surface area contributed by atoms with Crippen LogP contribution in [0.15, 0.2) is 218 Å². The van der Waals surface area contributed by atoms with Gasteiger partial charge in [0.25, 0.3) is 0 Å². The summed E-state index contributed by atoms with van der Waals surface area (Å²) >= 11 is 0. The third-order valence-electron chi connectivity index (χ3n) is 13.0. The summed E-state index contributed by atoms with van der Waals surface area (Å²) in [7, 11) is 0. The molecule has 0 unspecified atom stereocenters. The fraction of sp³-hybridized carbons (Fsp3) is 0.0820. The molecule has 0 saturated carbocycles. The number of hydrogen-bond acceptors (Lipinski definition) is 4.